The van der Waals surface area contributed by atoms with E-state index in [1.54, 1.807) is 13.0 Å². The number of fused-ring (bicyclic) bond motifs is 4. The summed E-state index contributed by atoms with van der Waals surface area (Å²) in [6, 6.07) is 8.33. The number of carbonyl (C=O) groups is 4. The predicted molar refractivity (Wildman–Crippen MR) is 159 cm³/mol. The summed E-state index contributed by atoms with van der Waals surface area (Å²) in [4.78, 5) is 59.4. The van der Waals surface area contributed by atoms with Gasteiger partial charge < -0.3 is 9.84 Å². The van der Waals surface area contributed by atoms with Crippen molar-refractivity contribution in [3.8, 4) is 11.5 Å². The number of imide groups is 2. The van der Waals surface area contributed by atoms with Gasteiger partial charge in [-0.2, -0.15) is 0 Å². The average molecular weight is 621 g/mol. The number of phenols is 1. The number of ether oxygens (including phenoxy) is 1. The van der Waals surface area contributed by atoms with E-state index in [0.29, 0.717) is 17.7 Å². The highest BCUT2D eigenvalue weighted by Gasteiger charge is 2.68. The Labute approximate surface area is 259 Å². The molecule has 2 aromatic rings. The topological polar surface area (TPSA) is 104 Å². The summed E-state index contributed by atoms with van der Waals surface area (Å²) in [6.45, 7) is 1.76. The fourth-order valence-corrected chi connectivity index (χ4v) is 9.07. The van der Waals surface area contributed by atoms with E-state index in [1.807, 2.05) is 6.08 Å². The van der Waals surface area contributed by atoms with Crippen molar-refractivity contribution >= 4 is 40.9 Å². The van der Waals surface area contributed by atoms with Crippen LogP contribution in [0.15, 0.2) is 48.0 Å². The molecular formula is C34H34ClFN2O6. The third-order valence-corrected chi connectivity index (χ3v) is 11.2. The van der Waals surface area contributed by atoms with Gasteiger partial charge in [0.15, 0.2) is 0 Å². The minimum atomic E-state index is -1.30. The zero-order valence-corrected chi connectivity index (χ0v) is 25.4. The summed E-state index contributed by atoms with van der Waals surface area (Å²) in [5.41, 5.74) is 0.310. The molecule has 230 valence electrons. The van der Waals surface area contributed by atoms with Gasteiger partial charge in [0.1, 0.15) is 17.3 Å². The van der Waals surface area contributed by atoms with Gasteiger partial charge in [-0.05, 0) is 62.8 Å². The highest BCUT2D eigenvalue weighted by Crippen LogP contribution is 2.64. The van der Waals surface area contributed by atoms with Crippen molar-refractivity contribution < 1.29 is 33.4 Å². The number of benzene rings is 2. The third kappa shape index (κ3) is 4.00. The molecule has 44 heavy (non-hydrogen) atoms. The highest BCUT2D eigenvalue weighted by atomic mass is 35.5. The lowest BCUT2D eigenvalue weighted by molar-refractivity contribution is -0.144. The fourth-order valence-electron chi connectivity index (χ4n) is 8.89. The lowest BCUT2D eigenvalue weighted by atomic mass is 9.51. The summed E-state index contributed by atoms with van der Waals surface area (Å²) in [6.07, 6.45) is 7.23. The number of likely N-dealkylation sites (tertiary alicyclic amines) is 1. The summed E-state index contributed by atoms with van der Waals surface area (Å²) >= 11 is 6.07. The number of amides is 4. The van der Waals surface area contributed by atoms with E-state index in [9.17, 15) is 28.7 Å². The lowest BCUT2D eigenvalue weighted by Crippen LogP contribution is -2.49. The monoisotopic (exact) mass is 620 g/mol. The number of nitrogens with zero attached hydrogens (tertiary/aromatic N) is 2. The van der Waals surface area contributed by atoms with E-state index < -0.39 is 52.6 Å². The molecule has 2 aliphatic heterocycles. The average Bonchev–Trinajstić information content (AvgIpc) is 3.38. The summed E-state index contributed by atoms with van der Waals surface area (Å²) in [5.74, 6) is -4.68. The first kappa shape index (κ1) is 29.0. The van der Waals surface area contributed by atoms with Crippen molar-refractivity contribution in [2.24, 2.45) is 29.1 Å². The number of carbonyl (C=O) groups excluding carboxylic acids is 4. The van der Waals surface area contributed by atoms with Crippen LogP contribution in [0.2, 0.25) is 5.02 Å². The number of allylic oxidation sites excluding steroid dienone is 2. The van der Waals surface area contributed by atoms with Gasteiger partial charge in [-0.1, -0.05) is 48.6 Å². The maximum atomic E-state index is 14.5. The Bertz CT molecular complexity index is 1640. The van der Waals surface area contributed by atoms with Crippen LogP contribution in [0, 0.1) is 34.9 Å². The van der Waals surface area contributed by atoms with Gasteiger partial charge in [0, 0.05) is 23.6 Å². The zero-order valence-electron chi connectivity index (χ0n) is 24.6. The number of anilines is 1. The molecule has 6 unspecified atom stereocenters. The Morgan fingerprint density at radius 2 is 1.73 bits per heavy atom. The quantitative estimate of drug-likeness (QED) is 0.345. The van der Waals surface area contributed by atoms with Crippen LogP contribution in [0.4, 0.5) is 10.1 Å². The number of methoxy groups -OCH3 is 1. The van der Waals surface area contributed by atoms with E-state index in [0.717, 1.165) is 48.6 Å². The van der Waals surface area contributed by atoms with Crippen LogP contribution in [-0.4, -0.2) is 46.8 Å². The predicted octanol–water partition coefficient (Wildman–Crippen LogP) is 5.76. The largest absolute Gasteiger partial charge is 0.508 e. The molecule has 2 aromatic carbocycles. The van der Waals surface area contributed by atoms with Crippen LogP contribution in [0.3, 0.4) is 0 Å². The first-order valence-corrected chi connectivity index (χ1v) is 15.7. The standard InChI is InChI=1S/C34H34ClFN2O6/c1-34-24(31(41)38(33(34)43)18-8-13-26(36)25(35)14-18)16-23-20(29(34)21-10-9-19(39)15-27(21)44-2)11-12-22-28(23)32(42)37(30(22)40)17-6-4-3-5-7-17/h8-11,13-15,17,22-24,28-29,39H,3-7,12,16H2,1-2H3. The molecule has 2 saturated heterocycles. The number of hydrogen-bond acceptors (Lipinski definition) is 6. The Morgan fingerprint density at radius 3 is 2.43 bits per heavy atom. The molecular weight excluding hydrogens is 587 g/mol. The van der Waals surface area contributed by atoms with Gasteiger partial charge in [-0.3, -0.25) is 24.1 Å². The molecule has 10 heteroatoms. The molecule has 1 N–H and O–H groups in total. The normalized spacial score (nSPS) is 32.0. The smallest absolute Gasteiger partial charge is 0.241 e. The van der Waals surface area contributed by atoms with E-state index in [4.69, 9.17) is 16.3 Å². The van der Waals surface area contributed by atoms with Gasteiger partial charge >= 0.3 is 0 Å². The third-order valence-electron chi connectivity index (χ3n) is 10.9. The molecule has 4 fully saturated rings. The van der Waals surface area contributed by atoms with Gasteiger partial charge in [-0.15, -0.1) is 0 Å². The lowest BCUT2D eigenvalue weighted by Gasteiger charge is -2.49. The van der Waals surface area contributed by atoms with Gasteiger partial charge in [0.05, 0.1) is 41.0 Å². The van der Waals surface area contributed by atoms with Crippen LogP contribution >= 0.6 is 11.6 Å². The van der Waals surface area contributed by atoms with E-state index >= 15 is 0 Å². The maximum absolute atomic E-state index is 14.5. The zero-order chi connectivity index (χ0) is 31.1. The Hall–Kier alpha value is -3.72. The molecule has 0 aromatic heterocycles. The molecule has 6 atom stereocenters. The van der Waals surface area contributed by atoms with Crippen molar-refractivity contribution in [1.82, 2.24) is 4.90 Å². The molecule has 0 radical (unpaired) electrons. The van der Waals surface area contributed by atoms with Crippen molar-refractivity contribution in [3.63, 3.8) is 0 Å². The van der Waals surface area contributed by atoms with Crippen molar-refractivity contribution in [2.45, 2.75) is 63.8 Å². The minimum Gasteiger partial charge on any atom is -0.508 e. The molecule has 8 nitrogen and oxygen atoms in total. The minimum absolute atomic E-state index is 0.0200. The van der Waals surface area contributed by atoms with Crippen LogP contribution in [0.25, 0.3) is 0 Å². The molecule has 7 rings (SSSR count). The second-order valence-electron chi connectivity index (χ2n) is 13.0. The van der Waals surface area contributed by atoms with Crippen molar-refractivity contribution in [1.29, 1.82) is 0 Å². The van der Waals surface area contributed by atoms with E-state index in [-0.39, 0.29) is 40.7 Å². The first-order chi connectivity index (χ1) is 21.1. The highest BCUT2D eigenvalue weighted by molar-refractivity contribution is 6.31. The first-order valence-electron chi connectivity index (χ1n) is 15.3. The van der Waals surface area contributed by atoms with Gasteiger partial charge in [0.25, 0.3) is 0 Å². The second-order valence-corrected chi connectivity index (χ2v) is 13.4. The SMILES string of the molecule is COc1cc(O)ccc1C1C2=CCC3C(=O)N(C4CCCCC4)C(=O)C3C2CC2C(=O)N(c3ccc(F)c(Cl)c3)C(=O)C21C. The molecule has 0 bridgehead atoms. The van der Waals surface area contributed by atoms with Gasteiger partial charge in [0.2, 0.25) is 23.6 Å². The number of rotatable bonds is 4. The van der Waals surface area contributed by atoms with Crippen LogP contribution in [0.5, 0.6) is 11.5 Å². The maximum Gasteiger partial charge on any atom is 0.241 e. The summed E-state index contributed by atoms with van der Waals surface area (Å²) in [7, 11) is 1.47. The molecule has 2 saturated carbocycles. The molecule has 4 amide bonds. The van der Waals surface area contributed by atoms with Crippen molar-refractivity contribution in [2.75, 3.05) is 12.0 Å². The molecule has 5 aliphatic rings. The molecule has 3 aliphatic carbocycles. The van der Waals surface area contributed by atoms with Crippen LogP contribution < -0.4 is 9.64 Å². The van der Waals surface area contributed by atoms with E-state index in [2.05, 4.69) is 0 Å². The van der Waals surface area contributed by atoms with Crippen LogP contribution in [-0.2, 0) is 19.2 Å². The number of halogens is 2. The molecule has 0 spiro atoms. The second kappa shape index (κ2) is 10.4. The van der Waals surface area contributed by atoms with E-state index in [1.165, 1.54) is 36.3 Å². The number of hydrogen-bond donors (Lipinski definition) is 1. The Morgan fingerprint density at radius 1 is 0.977 bits per heavy atom. The number of aromatic hydroxyl groups is 1. The Balaban J connectivity index is 1.37. The van der Waals surface area contributed by atoms with Crippen molar-refractivity contribution in [3.05, 3.63) is 64.5 Å². The summed E-state index contributed by atoms with van der Waals surface area (Å²) < 4.78 is 19.8. The number of phenolic OH excluding ortho intramolecular Hbond substituents is 1. The molecule has 2 heterocycles. The summed E-state index contributed by atoms with van der Waals surface area (Å²) in [5, 5.41) is 10.1. The Kier molecular flexibility index (Phi) is 6.88. The van der Waals surface area contributed by atoms with Crippen LogP contribution in [0.1, 0.15) is 63.4 Å². The fraction of sp³-hybridized carbons (Fsp3) is 0.471. The van der Waals surface area contributed by atoms with Gasteiger partial charge in [-0.25, -0.2) is 9.29 Å².